The molecule has 1 aliphatic rings. The maximum absolute atomic E-state index is 12.6. The van der Waals surface area contributed by atoms with Crippen LogP contribution in [0, 0.1) is 0 Å². The van der Waals surface area contributed by atoms with Gasteiger partial charge in [0.05, 0.1) is 6.04 Å². The molecule has 2 aromatic rings. The fourth-order valence-electron chi connectivity index (χ4n) is 3.03. The van der Waals surface area contributed by atoms with Crippen LogP contribution in [-0.2, 0) is 11.2 Å². The number of rotatable bonds is 5. The van der Waals surface area contributed by atoms with E-state index >= 15 is 0 Å². The van der Waals surface area contributed by atoms with Gasteiger partial charge in [0.25, 0.3) is 0 Å². The number of likely N-dealkylation sites (tertiary alicyclic amines) is 1. The molecule has 0 spiro atoms. The van der Waals surface area contributed by atoms with Gasteiger partial charge in [-0.25, -0.2) is 4.98 Å². The molecule has 4 nitrogen and oxygen atoms in total. The number of thiophene rings is 1. The molecule has 0 saturated carbocycles. The van der Waals surface area contributed by atoms with Gasteiger partial charge in [0, 0.05) is 31.1 Å². The van der Waals surface area contributed by atoms with Crippen LogP contribution >= 0.6 is 11.3 Å². The van der Waals surface area contributed by atoms with Crippen molar-refractivity contribution in [3.05, 3.63) is 46.3 Å². The highest BCUT2D eigenvalue weighted by atomic mass is 32.1. The number of aromatic nitrogens is 1. The summed E-state index contributed by atoms with van der Waals surface area (Å²) in [6.45, 7) is 0.866. The fraction of sp³-hybridized carbons (Fsp3) is 0.412. The lowest BCUT2D eigenvalue weighted by atomic mass is 10.1. The second kappa shape index (κ2) is 6.92. The molecule has 0 aliphatic carbocycles. The smallest absolute Gasteiger partial charge is 0.223 e. The number of aryl methyl sites for hydroxylation is 1. The summed E-state index contributed by atoms with van der Waals surface area (Å²) in [6.07, 6.45) is 5.37. The van der Waals surface area contributed by atoms with E-state index in [1.165, 1.54) is 10.4 Å². The van der Waals surface area contributed by atoms with Crippen molar-refractivity contribution < 1.29 is 4.79 Å². The number of pyridine rings is 1. The van der Waals surface area contributed by atoms with Crippen molar-refractivity contribution in [1.29, 1.82) is 0 Å². The number of carbonyl (C=O) groups is 1. The van der Waals surface area contributed by atoms with Crippen LogP contribution in [0.1, 0.15) is 35.7 Å². The Morgan fingerprint density at radius 3 is 3.18 bits per heavy atom. The van der Waals surface area contributed by atoms with Crippen molar-refractivity contribution in [3.8, 4) is 0 Å². The molecule has 116 valence electrons. The van der Waals surface area contributed by atoms with Crippen molar-refractivity contribution in [3.63, 3.8) is 0 Å². The Kier molecular flexibility index (Phi) is 4.73. The van der Waals surface area contributed by atoms with E-state index < -0.39 is 0 Å². The first kappa shape index (κ1) is 15.0. The first-order valence-corrected chi connectivity index (χ1v) is 8.61. The minimum Gasteiger partial charge on any atom is -0.373 e. The van der Waals surface area contributed by atoms with Gasteiger partial charge in [-0.15, -0.1) is 11.3 Å². The zero-order valence-corrected chi connectivity index (χ0v) is 13.6. The standard InChI is InChI=1S/C17H21N3OS/c1-18-16-12-13(8-9-19-16)15-5-2-10-20(15)17(21)7-6-14-4-3-11-22-14/h3-4,8-9,11-12,15H,2,5-7,10H2,1H3,(H,18,19). The number of carbonyl (C=O) groups excluding carboxylic acids is 1. The Morgan fingerprint density at radius 1 is 1.50 bits per heavy atom. The second-order valence-corrected chi connectivity index (χ2v) is 6.58. The van der Waals surface area contributed by atoms with E-state index in [0.29, 0.717) is 6.42 Å². The topological polar surface area (TPSA) is 45.2 Å². The summed E-state index contributed by atoms with van der Waals surface area (Å²) in [7, 11) is 1.87. The monoisotopic (exact) mass is 315 g/mol. The lowest BCUT2D eigenvalue weighted by Crippen LogP contribution is -2.30. The molecule has 1 amide bonds. The van der Waals surface area contributed by atoms with Crippen molar-refractivity contribution in [2.75, 3.05) is 18.9 Å². The molecule has 5 heteroatoms. The Hall–Kier alpha value is -1.88. The van der Waals surface area contributed by atoms with Crippen LogP contribution in [0.3, 0.4) is 0 Å². The van der Waals surface area contributed by atoms with Crippen molar-refractivity contribution >= 4 is 23.1 Å². The van der Waals surface area contributed by atoms with Crippen LogP contribution in [0.2, 0.25) is 0 Å². The lowest BCUT2D eigenvalue weighted by Gasteiger charge is -2.25. The summed E-state index contributed by atoms with van der Waals surface area (Å²) in [4.78, 5) is 20.2. The highest BCUT2D eigenvalue weighted by Gasteiger charge is 2.29. The lowest BCUT2D eigenvalue weighted by molar-refractivity contribution is -0.132. The van der Waals surface area contributed by atoms with E-state index in [9.17, 15) is 4.79 Å². The van der Waals surface area contributed by atoms with Crippen LogP contribution in [-0.4, -0.2) is 29.4 Å². The van der Waals surface area contributed by atoms with Gasteiger partial charge in [0.15, 0.2) is 0 Å². The van der Waals surface area contributed by atoms with Gasteiger partial charge >= 0.3 is 0 Å². The van der Waals surface area contributed by atoms with E-state index in [0.717, 1.165) is 31.6 Å². The van der Waals surface area contributed by atoms with Crippen molar-refractivity contribution in [2.24, 2.45) is 0 Å². The molecule has 0 aromatic carbocycles. The average molecular weight is 315 g/mol. The molecule has 3 heterocycles. The van der Waals surface area contributed by atoms with E-state index in [2.05, 4.69) is 27.8 Å². The quantitative estimate of drug-likeness (QED) is 0.919. The number of anilines is 1. The SMILES string of the molecule is CNc1cc(C2CCCN2C(=O)CCc2cccs2)ccn1. The molecular weight excluding hydrogens is 294 g/mol. The number of amides is 1. The average Bonchev–Trinajstić information content (AvgIpc) is 3.24. The fourth-order valence-corrected chi connectivity index (χ4v) is 3.74. The molecule has 1 unspecified atom stereocenters. The summed E-state index contributed by atoms with van der Waals surface area (Å²) in [5.74, 6) is 1.12. The minimum absolute atomic E-state index is 0.200. The normalized spacial score (nSPS) is 17.7. The summed E-state index contributed by atoms with van der Waals surface area (Å²) in [5.41, 5.74) is 1.18. The molecule has 2 aromatic heterocycles. The number of nitrogens with one attached hydrogen (secondary N) is 1. The van der Waals surface area contributed by atoms with Crippen LogP contribution < -0.4 is 5.32 Å². The Bertz CT molecular complexity index is 627. The van der Waals surface area contributed by atoms with Crippen molar-refractivity contribution in [1.82, 2.24) is 9.88 Å². The van der Waals surface area contributed by atoms with E-state index in [1.54, 1.807) is 11.3 Å². The molecule has 1 N–H and O–H groups in total. The summed E-state index contributed by atoms with van der Waals surface area (Å²) in [6, 6.07) is 8.41. The molecule has 1 atom stereocenters. The molecule has 1 aliphatic heterocycles. The molecule has 1 fully saturated rings. The highest BCUT2D eigenvalue weighted by Crippen LogP contribution is 2.33. The molecule has 0 radical (unpaired) electrons. The van der Waals surface area contributed by atoms with Gasteiger partial charge in [-0.05, 0) is 48.4 Å². The first-order chi connectivity index (χ1) is 10.8. The second-order valence-electron chi connectivity index (χ2n) is 5.55. The van der Waals surface area contributed by atoms with Crippen molar-refractivity contribution in [2.45, 2.75) is 31.7 Å². The van der Waals surface area contributed by atoms with Gasteiger partial charge < -0.3 is 10.2 Å². The van der Waals surface area contributed by atoms with Gasteiger partial charge in [-0.2, -0.15) is 0 Å². The van der Waals surface area contributed by atoms with E-state index in [4.69, 9.17) is 0 Å². The Morgan fingerprint density at radius 2 is 2.41 bits per heavy atom. The van der Waals surface area contributed by atoms with Crippen LogP contribution in [0.5, 0.6) is 0 Å². The zero-order chi connectivity index (χ0) is 15.4. The maximum Gasteiger partial charge on any atom is 0.223 e. The van der Waals surface area contributed by atoms with Gasteiger partial charge in [-0.3, -0.25) is 4.79 Å². The zero-order valence-electron chi connectivity index (χ0n) is 12.8. The minimum atomic E-state index is 0.200. The Labute approximate surface area is 135 Å². The molecular formula is C17H21N3OS. The van der Waals surface area contributed by atoms with Crippen LogP contribution in [0.15, 0.2) is 35.8 Å². The van der Waals surface area contributed by atoms with E-state index in [-0.39, 0.29) is 11.9 Å². The van der Waals surface area contributed by atoms with Gasteiger partial charge in [0.1, 0.15) is 5.82 Å². The van der Waals surface area contributed by atoms with Gasteiger partial charge in [-0.1, -0.05) is 6.07 Å². The summed E-state index contributed by atoms with van der Waals surface area (Å²) >= 11 is 1.72. The van der Waals surface area contributed by atoms with Crippen LogP contribution in [0.4, 0.5) is 5.82 Å². The van der Waals surface area contributed by atoms with E-state index in [1.807, 2.05) is 30.3 Å². The third kappa shape index (κ3) is 3.30. The van der Waals surface area contributed by atoms with Crippen LogP contribution in [0.25, 0.3) is 0 Å². The highest BCUT2D eigenvalue weighted by molar-refractivity contribution is 7.09. The maximum atomic E-state index is 12.6. The largest absolute Gasteiger partial charge is 0.373 e. The molecule has 22 heavy (non-hydrogen) atoms. The number of hydrogen-bond acceptors (Lipinski definition) is 4. The van der Waals surface area contributed by atoms with Gasteiger partial charge in [0.2, 0.25) is 5.91 Å². The third-order valence-corrected chi connectivity index (χ3v) is 5.10. The molecule has 3 rings (SSSR count). The predicted molar refractivity (Wildman–Crippen MR) is 90.1 cm³/mol. The Balaban J connectivity index is 1.68. The number of nitrogens with zero attached hydrogens (tertiary/aromatic N) is 2. The predicted octanol–water partition coefficient (Wildman–Crippen LogP) is 3.48. The molecule has 0 bridgehead atoms. The summed E-state index contributed by atoms with van der Waals surface area (Å²) < 4.78 is 0. The third-order valence-electron chi connectivity index (χ3n) is 4.16. The summed E-state index contributed by atoms with van der Waals surface area (Å²) in [5, 5.41) is 5.13. The first-order valence-electron chi connectivity index (χ1n) is 7.73. The molecule has 1 saturated heterocycles. The number of hydrogen-bond donors (Lipinski definition) is 1.